The number of rotatable bonds is 0. The zero-order valence-electron chi connectivity index (χ0n) is 11.5. The molecule has 2 heteroatoms. The third-order valence-electron chi connectivity index (χ3n) is 4.53. The highest BCUT2D eigenvalue weighted by Gasteiger charge is 2.27. The molecule has 0 nitrogen and oxygen atoms in total. The Bertz CT molecular complexity index is 1010. The summed E-state index contributed by atoms with van der Waals surface area (Å²) in [6.45, 7) is 0. The second-order valence-electron chi connectivity index (χ2n) is 5.63. The Morgan fingerprint density at radius 2 is 1.05 bits per heavy atom. The molecule has 0 fully saturated rings. The third kappa shape index (κ3) is 1.47. The van der Waals surface area contributed by atoms with Gasteiger partial charge in [-0.05, 0) is 64.5 Å². The second kappa shape index (κ2) is 4.43. The van der Waals surface area contributed by atoms with Crippen LogP contribution >= 0.6 is 31.9 Å². The van der Waals surface area contributed by atoms with Crippen molar-refractivity contribution in [2.24, 2.45) is 0 Å². The SMILES string of the molecule is Brc1c2c(c(Br)c3ccccc13)-c1cccc3cccc-2c13. The molecular weight excluding hydrogens is 400 g/mol. The van der Waals surface area contributed by atoms with Gasteiger partial charge in [-0.3, -0.25) is 0 Å². The summed E-state index contributed by atoms with van der Waals surface area (Å²) in [4.78, 5) is 0. The molecule has 22 heavy (non-hydrogen) atoms. The zero-order valence-corrected chi connectivity index (χ0v) is 14.7. The Morgan fingerprint density at radius 3 is 1.55 bits per heavy atom. The van der Waals surface area contributed by atoms with E-state index in [1.54, 1.807) is 0 Å². The van der Waals surface area contributed by atoms with Crippen molar-refractivity contribution in [1.29, 1.82) is 0 Å². The zero-order chi connectivity index (χ0) is 14.8. The molecular formula is C20H10Br2. The Balaban J connectivity index is 2.10. The standard InChI is InChI=1S/C20H10Br2/c21-19-12-7-1-2-8-13(12)20(22)18-15-10-4-6-11-5-3-9-14(16(11)15)17(18)19/h1-10H. The van der Waals surface area contributed by atoms with Crippen LogP contribution in [0.3, 0.4) is 0 Å². The van der Waals surface area contributed by atoms with E-state index in [0.717, 1.165) is 0 Å². The molecule has 4 aromatic carbocycles. The molecule has 0 bridgehead atoms. The molecule has 0 saturated carbocycles. The lowest BCUT2D eigenvalue weighted by molar-refractivity contribution is 1.66. The molecule has 5 rings (SSSR count). The lowest BCUT2D eigenvalue weighted by Gasteiger charge is -2.12. The van der Waals surface area contributed by atoms with Gasteiger partial charge in [0.15, 0.2) is 0 Å². The van der Waals surface area contributed by atoms with Crippen LogP contribution in [0.1, 0.15) is 0 Å². The predicted molar refractivity (Wildman–Crippen MR) is 101 cm³/mol. The Hall–Kier alpha value is -1.64. The minimum atomic E-state index is 1.19. The van der Waals surface area contributed by atoms with Gasteiger partial charge in [0.2, 0.25) is 0 Å². The first kappa shape index (κ1) is 12.9. The largest absolute Gasteiger partial charge is 0.0616 e. The van der Waals surface area contributed by atoms with E-state index in [1.165, 1.54) is 52.7 Å². The van der Waals surface area contributed by atoms with Gasteiger partial charge >= 0.3 is 0 Å². The van der Waals surface area contributed by atoms with Crippen molar-refractivity contribution in [2.45, 2.75) is 0 Å². The molecule has 4 aromatic rings. The molecule has 0 amide bonds. The summed E-state index contributed by atoms with van der Waals surface area (Å²) in [6.07, 6.45) is 0. The van der Waals surface area contributed by atoms with Crippen molar-refractivity contribution in [3.63, 3.8) is 0 Å². The van der Waals surface area contributed by atoms with E-state index in [-0.39, 0.29) is 0 Å². The maximum Gasteiger partial charge on any atom is 0.0339 e. The van der Waals surface area contributed by atoms with Crippen molar-refractivity contribution in [3.05, 3.63) is 69.6 Å². The summed E-state index contributed by atoms with van der Waals surface area (Å²) in [6, 6.07) is 21.7. The molecule has 0 aromatic heterocycles. The molecule has 0 N–H and O–H groups in total. The summed E-state index contributed by atoms with van der Waals surface area (Å²) >= 11 is 7.74. The molecule has 104 valence electrons. The monoisotopic (exact) mass is 408 g/mol. The van der Waals surface area contributed by atoms with Gasteiger partial charge in [0.05, 0.1) is 0 Å². The van der Waals surface area contributed by atoms with Gasteiger partial charge < -0.3 is 0 Å². The normalized spacial score (nSPS) is 12.1. The van der Waals surface area contributed by atoms with Gasteiger partial charge in [-0.2, -0.15) is 0 Å². The summed E-state index contributed by atoms with van der Waals surface area (Å²) in [5, 5.41) is 5.15. The molecule has 0 unspecified atom stereocenters. The molecule has 0 atom stereocenters. The molecule has 0 spiro atoms. The van der Waals surface area contributed by atoms with Gasteiger partial charge in [0.1, 0.15) is 0 Å². The highest BCUT2D eigenvalue weighted by molar-refractivity contribution is 9.11. The first-order valence-corrected chi connectivity index (χ1v) is 8.78. The fourth-order valence-corrected chi connectivity index (χ4v) is 5.13. The second-order valence-corrected chi connectivity index (χ2v) is 7.22. The molecule has 0 heterocycles. The Kier molecular flexibility index (Phi) is 2.59. The topological polar surface area (TPSA) is 0 Å². The van der Waals surface area contributed by atoms with Crippen LogP contribution in [0.25, 0.3) is 43.8 Å². The van der Waals surface area contributed by atoms with E-state index in [1.807, 2.05) is 0 Å². The number of fused-ring (bicyclic) bond motifs is 4. The fraction of sp³-hybridized carbons (Fsp3) is 0. The molecule has 0 radical (unpaired) electrons. The van der Waals surface area contributed by atoms with Crippen LogP contribution < -0.4 is 0 Å². The fourth-order valence-electron chi connectivity index (χ4n) is 3.62. The van der Waals surface area contributed by atoms with Crippen molar-refractivity contribution in [3.8, 4) is 22.3 Å². The minimum absolute atomic E-state index is 1.19. The van der Waals surface area contributed by atoms with Gasteiger partial charge in [0, 0.05) is 20.1 Å². The van der Waals surface area contributed by atoms with E-state index >= 15 is 0 Å². The van der Waals surface area contributed by atoms with Gasteiger partial charge in [-0.15, -0.1) is 0 Å². The van der Waals surface area contributed by atoms with Crippen LogP contribution in [0.15, 0.2) is 69.6 Å². The van der Waals surface area contributed by atoms with Gasteiger partial charge in [-0.1, -0.05) is 60.7 Å². The number of halogens is 2. The third-order valence-corrected chi connectivity index (χ3v) is 6.18. The van der Waals surface area contributed by atoms with Gasteiger partial charge in [-0.25, -0.2) is 0 Å². The molecule has 0 saturated heterocycles. The summed E-state index contributed by atoms with van der Waals surface area (Å²) in [5.74, 6) is 0. The van der Waals surface area contributed by atoms with E-state index in [2.05, 4.69) is 92.5 Å². The minimum Gasteiger partial charge on any atom is -0.0616 e. The molecule has 1 aliphatic rings. The van der Waals surface area contributed by atoms with E-state index in [4.69, 9.17) is 0 Å². The van der Waals surface area contributed by atoms with E-state index in [9.17, 15) is 0 Å². The van der Waals surface area contributed by atoms with Crippen LogP contribution in [0.4, 0.5) is 0 Å². The van der Waals surface area contributed by atoms with Crippen LogP contribution in [0.5, 0.6) is 0 Å². The van der Waals surface area contributed by atoms with Crippen molar-refractivity contribution >= 4 is 53.4 Å². The average molecular weight is 410 g/mol. The lowest BCUT2D eigenvalue weighted by atomic mass is 9.99. The van der Waals surface area contributed by atoms with Crippen LogP contribution in [-0.2, 0) is 0 Å². The van der Waals surface area contributed by atoms with Crippen LogP contribution in [0.2, 0.25) is 0 Å². The quantitative estimate of drug-likeness (QED) is 0.254. The van der Waals surface area contributed by atoms with E-state index < -0.39 is 0 Å². The predicted octanol–water partition coefficient (Wildman–Crippen LogP) is 7.17. The van der Waals surface area contributed by atoms with Gasteiger partial charge in [0.25, 0.3) is 0 Å². The molecule has 0 aliphatic heterocycles. The maximum atomic E-state index is 3.87. The average Bonchev–Trinajstić information content (AvgIpc) is 2.90. The number of hydrogen-bond donors (Lipinski definition) is 0. The highest BCUT2D eigenvalue weighted by atomic mass is 79.9. The summed E-state index contributed by atoms with van der Waals surface area (Å²) in [5.41, 5.74) is 5.25. The number of hydrogen-bond acceptors (Lipinski definition) is 0. The van der Waals surface area contributed by atoms with Crippen molar-refractivity contribution < 1.29 is 0 Å². The number of benzene rings is 4. The summed E-state index contributed by atoms with van der Waals surface area (Å²) < 4.78 is 2.37. The summed E-state index contributed by atoms with van der Waals surface area (Å²) in [7, 11) is 0. The van der Waals surface area contributed by atoms with Crippen LogP contribution in [-0.4, -0.2) is 0 Å². The first-order valence-electron chi connectivity index (χ1n) is 7.19. The first-order chi connectivity index (χ1) is 10.8. The van der Waals surface area contributed by atoms with Crippen molar-refractivity contribution in [1.82, 2.24) is 0 Å². The van der Waals surface area contributed by atoms with Crippen LogP contribution in [0, 0.1) is 0 Å². The highest BCUT2D eigenvalue weighted by Crippen LogP contribution is 2.55. The lowest BCUT2D eigenvalue weighted by Crippen LogP contribution is -1.85. The smallest absolute Gasteiger partial charge is 0.0339 e. The maximum absolute atomic E-state index is 3.87. The Morgan fingerprint density at radius 1 is 0.545 bits per heavy atom. The van der Waals surface area contributed by atoms with Crippen molar-refractivity contribution in [2.75, 3.05) is 0 Å². The molecule has 1 aliphatic carbocycles. The van der Waals surface area contributed by atoms with E-state index in [0.29, 0.717) is 0 Å². The Labute approximate surface area is 145 Å².